The Morgan fingerprint density at radius 3 is 2.73 bits per heavy atom. The minimum absolute atomic E-state index is 0.342. The average molecular weight is 389 g/mol. The first-order valence-corrected chi connectivity index (χ1v) is 10.1. The molecule has 2 aromatic rings. The maximum atomic E-state index is 12.5. The Labute approximate surface area is 164 Å². The summed E-state index contributed by atoms with van der Waals surface area (Å²) in [6.45, 7) is 6.18. The Kier molecular flexibility index (Phi) is 5.94. The lowest BCUT2D eigenvalue weighted by molar-refractivity contribution is 0.0603. The van der Waals surface area contributed by atoms with Crippen LogP contribution in [0.5, 0.6) is 0 Å². The summed E-state index contributed by atoms with van der Waals surface area (Å²) in [7, 11) is 1.42. The van der Waals surface area contributed by atoms with Crippen LogP contribution in [0.15, 0.2) is 30.3 Å². The highest BCUT2D eigenvalue weighted by molar-refractivity contribution is 7.80. The third-order valence-electron chi connectivity index (χ3n) is 4.70. The average Bonchev–Trinajstić information content (AvgIpc) is 2.97. The number of rotatable bonds is 3. The fourth-order valence-corrected chi connectivity index (χ4v) is 4.83. The first-order chi connectivity index (χ1) is 12.5. The lowest BCUT2D eigenvalue weighted by Gasteiger charge is -2.33. The van der Waals surface area contributed by atoms with Crippen LogP contribution in [0.3, 0.4) is 0 Å². The predicted molar refractivity (Wildman–Crippen MR) is 112 cm³/mol. The minimum Gasteiger partial charge on any atom is -0.465 e. The summed E-state index contributed by atoms with van der Waals surface area (Å²) in [5.41, 5.74) is 2.49. The van der Waals surface area contributed by atoms with Gasteiger partial charge in [-0.3, -0.25) is 0 Å². The lowest BCUT2D eigenvalue weighted by atomic mass is 10.0. The van der Waals surface area contributed by atoms with Crippen LogP contribution < -0.4 is 5.32 Å². The monoisotopic (exact) mass is 388 g/mol. The lowest BCUT2D eigenvalue weighted by Crippen LogP contribution is -2.41. The number of carbonyl (C=O) groups is 1. The molecule has 26 heavy (non-hydrogen) atoms. The zero-order valence-corrected chi connectivity index (χ0v) is 17.0. The molecule has 1 unspecified atom stereocenters. The van der Waals surface area contributed by atoms with Gasteiger partial charge in [-0.05, 0) is 43.5 Å². The van der Waals surface area contributed by atoms with Crippen LogP contribution in [0.4, 0.5) is 5.00 Å². The number of esters is 1. The molecule has 6 heteroatoms. The van der Waals surface area contributed by atoms with Gasteiger partial charge in [0.25, 0.3) is 0 Å². The Morgan fingerprint density at radius 1 is 1.35 bits per heavy atom. The first-order valence-electron chi connectivity index (χ1n) is 8.84. The number of piperidine rings is 1. The van der Waals surface area contributed by atoms with E-state index in [0.29, 0.717) is 16.6 Å². The van der Waals surface area contributed by atoms with Crippen LogP contribution in [0.2, 0.25) is 0 Å². The Bertz CT molecular complexity index is 802. The van der Waals surface area contributed by atoms with E-state index in [-0.39, 0.29) is 5.97 Å². The van der Waals surface area contributed by atoms with Crippen molar-refractivity contribution in [3.63, 3.8) is 0 Å². The summed E-state index contributed by atoms with van der Waals surface area (Å²) >= 11 is 7.18. The molecule has 138 valence electrons. The van der Waals surface area contributed by atoms with Crippen molar-refractivity contribution < 1.29 is 9.53 Å². The number of carbonyl (C=O) groups excluding carboxylic acids is 1. The summed E-state index contributed by atoms with van der Waals surface area (Å²) in [5, 5.41) is 4.77. The number of ether oxygens (including phenoxy) is 1. The number of nitrogens with one attached hydrogen (secondary N) is 1. The molecule has 0 spiro atoms. The fourth-order valence-electron chi connectivity index (χ4n) is 3.43. The molecule has 1 atom stereocenters. The van der Waals surface area contributed by atoms with Gasteiger partial charge in [-0.2, -0.15) is 0 Å². The Morgan fingerprint density at radius 2 is 2.08 bits per heavy atom. The van der Waals surface area contributed by atoms with Gasteiger partial charge < -0.3 is 15.0 Å². The number of methoxy groups -OCH3 is 1. The molecule has 0 aliphatic carbocycles. The van der Waals surface area contributed by atoms with Gasteiger partial charge in [0.15, 0.2) is 5.11 Å². The molecule has 0 bridgehead atoms. The summed E-state index contributed by atoms with van der Waals surface area (Å²) in [4.78, 5) is 15.8. The second kappa shape index (κ2) is 8.18. The van der Waals surface area contributed by atoms with E-state index in [9.17, 15) is 4.79 Å². The van der Waals surface area contributed by atoms with Crippen molar-refractivity contribution in [2.45, 2.75) is 26.7 Å². The minimum atomic E-state index is -0.342. The van der Waals surface area contributed by atoms with Crippen LogP contribution in [-0.2, 0) is 4.74 Å². The maximum absolute atomic E-state index is 12.5. The second-order valence-electron chi connectivity index (χ2n) is 6.72. The molecule has 0 amide bonds. The van der Waals surface area contributed by atoms with Crippen molar-refractivity contribution in [2.75, 3.05) is 25.5 Å². The van der Waals surface area contributed by atoms with E-state index >= 15 is 0 Å². The standard InChI is InChI=1S/C20H24N2O2S2/c1-13-8-7-11-22(12-13)20(25)21-18-17(19(23)24-3)16(14(2)26-18)15-9-5-4-6-10-15/h4-6,9-10,13H,7-8,11-12H2,1-3H3,(H,21,25). The van der Waals surface area contributed by atoms with Gasteiger partial charge in [0.2, 0.25) is 0 Å². The van der Waals surface area contributed by atoms with Crippen molar-refractivity contribution in [1.82, 2.24) is 4.90 Å². The van der Waals surface area contributed by atoms with E-state index in [0.717, 1.165) is 40.5 Å². The highest BCUT2D eigenvalue weighted by Gasteiger charge is 2.26. The number of thiophene rings is 1. The van der Waals surface area contributed by atoms with Gasteiger partial charge in [-0.1, -0.05) is 37.3 Å². The van der Waals surface area contributed by atoms with Crippen LogP contribution in [0, 0.1) is 12.8 Å². The third-order valence-corrected chi connectivity index (χ3v) is 6.08. The molecule has 1 saturated heterocycles. The van der Waals surface area contributed by atoms with Crippen molar-refractivity contribution in [3.8, 4) is 11.1 Å². The maximum Gasteiger partial charge on any atom is 0.341 e. The van der Waals surface area contributed by atoms with Gasteiger partial charge in [-0.25, -0.2) is 4.79 Å². The number of benzene rings is 1. The van der Waals surface area contributed by atoms with E-state index in [2.05, 4.69) is 17.1 Å². The first kappa shape index (κ1) is 18.9. The topological polar surface area (TPSA) is 41.6 Å². The molecule has 2 heterocycles. The van der Waals surface area contributed by atoms with Crippen molar-refractivity contribution in [1.29, 1.82) is 0 Å². The number of aryl methyl sites for hydroxylation is 1. The quantitative estimate of drug-likeness (QED) is 0.596. The van der Waals surface area contributed by atoms with Gasteiger partial charge in [0.1, 0.15) is 10.6 Å². The number of nitrogens with zero attached hydrogens (tertiary/aromatic N) is 1. The summed E-state index contributed by atoms with van der Waals surface area (Å²) in [6.07, 6.45) is 2.38. The predicted octanol–water partition coefficient (Wildman–Crippen LogP) is 4.94. The van der Waals surface area contributed by atoms with Crippen LogP contribution in [0.1, 0.15) is 35.0 Å². The smallest absolute Gasteiger partial charge is 0.341 e. The number of hydrogen-bond donors (Lipinski definition) is 1. The zero-order chi connectivity index (χ0) is 18.7. The molecule has 1 fully saturated rings. The van der Waals surface area contributed by atoms with Crippen LogP contribution in [0.25, 0.3) is 11.1 Å². The molecule has 1 N–H and O–H groups in total. The highest BCUT2D eigenvalue weighted by Crippen LogP contribution is 2.40. The molecule has 1 aromatic heterocycles. The third kappa shape index (κ3) is 3.91. The van der Waals surface area contributed by atoms with E-state index in [4.69, 9.17) is 17.0 Å². The molecular weight excluding hydrogens is 364 g/mol. The fraction of sp³-hybridized carbons (Fsp3) is 0.400. The number of anilines is 1. The van der Waals surface area contributed by atoms with Gasteiger partial charge in [-0.15, -0.1) is 11.3 Å². The second-order valence-corrected chi connectivity index (χ2v) is 8.33. The summed E-state index contributed by atoms with van der Waals surface area (Å²) in [5.74, 6) is 0.291. The van der Waals surface area contributed by atoms with Crippen molar-refractivity contribution in [2.24, 2.45) is 5.92 Å². The van der Waals surface area contributed by atoms with Gasteiger partial charge in [0.05, 0.1) is 7.11 Å². The van der Waals surface area contributed by atoms with E-state index in [1.807, 2.05) is 37.3 Å². The largest absolute Gasteiger partial charge is 0.465 e. The normalized spacial score (nSPS) is 17.0. The Hall–Kier alpha value is -1.92. The molecule has 0 radical (unpaired) electrons. The van der Waals surface area contributed by atoms with Gasteiger partial charge >= 0.3 is 5.97 Å². The SMILES string of the molecule is COC(=O)c1c(NC(=S)N2CCCC(C)C2)sc(C)c1-c1ccccc1. The Balaban J connectivity index is 1.94. The molecule has 0 saturated carbocycles. The molecule has 1 aromatic carbocycles. The molecule has 1 aliphatic heterocycles. The number of hydrogen-bond acceptors (Lipinski definition) is 4. The molecular formula is C20H24N2O2S2. The number of likely N-dealkylation sites (tertiary alicyclic amines) is 1. The van der Waals surface area contributed by atoms with Crippen molar-refractivity contribution in [3.05, 3.63) is 40.8 Å². The molecule has 4 nitrogen and oxygen atoms in total. The summed E-state index contributed by atoms with van der Waals surface area (Å²) in [6, 6.07) is 9.93. The van der Waals surface area contributed by atoms with Gasteiger partial charge in [0, 0.05) is 23.5 Å². The van der Waals surface area contributed by atoms with E-state index in [1.165, 1.54) is 13.5 Å². The molecule has 3 rings (SSSR count). The number of thiocarbonyl (C=S) groups is 1. The zero-order valence-electron chi connectivity index (χ0n) is 15.4. The van der Waals surface area contributed by atoms with E-state index < -0.39 is 0 Å². The van der Waals surface area contributed by atoms with Crippen molar-refractivity contribution >= 4 is 39.6 Å². The van der Waals surface area contributed by atoms with Crippen LogP contribution >= 0.6 is 23.6 Å². The molecule has 1 aliphatic rings. The highest BCUT2D eigenvalue weighted by atomic mass is 32.1. The van der Waals surface area contributed by atoms with Crippen LogP contribution in [-0.4, -0.2) is 36.2 Å². The van der Waals surface area contributed by atoms with E-state index in [1.54, 1.807) is 11.3 Å². The summed E-state index contributed by atoms with van der Waals surface area (Å²) < 4.78 is 5.07.